The molecule has 0 aliphatic rings. The minimum Gasteiger partial charge on any atom is -0.454 e. The van der Waals surface area contributed by atoms with Crippen LogP contribution in [0.1, 0.15) is 0 Å². The first-order chi connectivity index (χ1) is 8.24. The van der Waals surface area contributed by atoms with Gasteiger partial charge in [0.25, 0.3) is 0 Å². The number of halogens is 1. The van der Waals surface area contributed by atoms with Crippen LogP contribution in [-0.4, -0.2) is 4.98 Å². The van der Waals surface area contributed by atoms with E-state index < -0.39 is 0 Å². The molecule has 2 heterocycles. The number of hydrogen-bond donors (Lipinski definition) is 1. The van der Waals surface area contributed by atoms with E-state index in [1.54, 1.807) is 18.3 Å². The number of rotatable bonds is 1. The van der Waals surface area contributed by atoms with Crippen molar-refractivity contribution in [2.45, 2.75) is 0 Å². The first-order valence-corrected chi connectivity index (χ1v) is 5.93. The van der Waals surface area contributed by atoms with Crippen LogP contribution >= 0.6 is 15.9 Å². The van der Waals surface area contributed by atoms with Gasteiger partial charge >= 0.3 is 0 Å². The Kier molecular flexibility index (Phi) is 2.37. The molecular weight excluding hydrogens is 280 g/mol. The van der Waals surface area contributed by atoms with Crippen LogP contribution in [0.25, 0.3) is 22.4 Å². The molecule has 0 aliphatic carbocycles. The van der Waals surface area contributed by atoms with Crippen molar-refractivity contribution in [2.75, 3.05) is 5.73 Å². The van der Waals surface area contributed by atoms with Gasteiger partial charge in [0.15, 0.2) is 5.76 Å². The standard InChI is InChI=1S/C13H9BrN2O/c14-10-2-1-3-12-9(10)7-13(17-12)11-6-8(15)4-5-16-11/h1-7H,(H2,15,16). The minimum absolute atomic E-state index is 0.675. The van der Waals surface area contributed by atoms with Crippen LogP contribution in [0.5, 0.6) is 0 Å². The van der Waals surface area contributed by atoms with Gasteiger partial charge in [0.1, 0.15) is 11.3 Å². The van der Waals surface area contributed by atoms with Crippen LogP contribution in [0.3, 0.4) is 0 Å². The second kappa shape index (κ2) is 3.89. The van der Waals surface area contributed by atoms with Crippen molar-refractivity contribution in [2.24, 2.45) is 0 Å². The second-order valence-corrected chi connectivity index (χ2v) is 4.59. The highest BCUT2D eigenvalue weighted by atomic mass is 79.9. The average molecular weight is 289 g/mol. The Labute approximate surface area is 106 Å². The number of pyridine rings is 1. The summed E-state index contributed by atoms with van der Waals surface area (Å²) in [6.45, 7) is 0. The van der Waals surface area contributed by atoms with E-state index in [0.717, 1.165) is 26.9 Å². The Morgan fingerprint density at radius 1 is 1.18 bits per heavy atom. The summed E-state index contributed by atoms with van der Waals surface area (Å²) in [4.78, 5) is 4.25. The molecule has 0 aliphatic heterocycles. The SMILES string of the molecule is Nc1ccnc(-c2cc3c(Br)cccc3o2)c1. The summed E-state index contributed by atoms with van der Waals surface area (Å²) < 4.78 is 6.75. The van der Waals surface area contributed by atoms with Crippen LogP contribution in [0.15, 0.2) is 51.5 Å². The first-order valence-electron chi connectivity index (χ1n) is 5.14. The smallest absolute Gasteiger partial charge is 0.153 e. The van der Waals surface area contributed by atoms with Crippen molar-refractivity contribution in [3.05, 3.63) is 47.1 Å². The number of benzene rings is 1. The van der Waals surface area contributed by atoms with Gasteiger partial charge in [0.2, 0.25) is 0 Å². The molecule has 0 atom stereocenters. The van der Waals surface area contributed by atoms with Gasteiger partial charge in [-0.15, -0.1) is 0 Å². The Hall–Kier alpha value is -1.81. The van der Waals surface area contributed by atoms with Gasteiger partial charge in [-0.2, -0.15) is 0 Å². The molecule has 0 saturated carbocycles. The maximum Gasteiger partial charge on any atom is 0.153 e. The minimum atomic E-state index is 0.675. The highest BCUT2D eigenvalue weighted by Crippen LogP contribution is 2.31. The molecule has 0 spiro atoms. The Morgan fingerprint density at radius 2 is 2.06 bits per heavy atom. The van der Waals surface area contributed by atoms with Crippen molar-refractivity contribution in [1.29, 1.82) is 0 Å². The number of fused-ring (bicyclic) bond motifs is 1. The molecule has 2 aromatic heterocycles. The zero-order valence-corrected chi connectivity index (χ0v) is 10.4. The fourth-order valence-electron chi connectivity index (χ4n) is 1.73. The Bertz CT molecular complexity index is 691. The van der Waals surface area contributed by atoms with Crippen LogP contribution in [-0.2, 0) is 0 Å². The molecular formula is C13H9BrN2O. The number of hydrogen-bond acceptors (Lipinski definition) is 3. The van der Waals surface area contributed by atoms with Gasteiger partial charge in [0, 0.05) is 21.7 Å². The van der Waals surface area contributed by atoms with Crippen molar-refractivity contribution in [3.63, 3.8) is 0 Å². The molecule has 0 unspecified atom stereocenters. The van der Waals surface area contributed by atoms with E-state index in [9.17, 15) is 0 Å². The van der Waals surface area contributed by atoms with Gasteiger partial charge in [-0.05, 0) is 30.3 Å². The molecule has 17 heavy (non-hydrogen) atoms. The number of anilines is 1. The molecule has 1 aromatic carbocycles. The highest BCUT2D eigenvalue weighted by molar-refractivity contribution is 9.10. The van der Waals surface area contributed by atoms with Gasteiger partial charge in [0.05, 0.1) is 0 Å². The van der Waals surface area contributed by atoms with Crippen LogP contribution in [0, 0.1) is 0 Å². The van der Waals surface area contributed by atoms with Crippen molar-refractivity contribution in [3.8, 4) is 11.5 Å². The number of furan rings is 1. The Morgan fingerprint density at radius 3 is 2.82 bits per heavy atom. The van der Waals surface area contributed by atoms with E-state index >= 15 is 0 Å². The zero-order valence-electron chi connectivity index (χ0n) is 8.85. The summed E-state index contributed by atoms with van der Waals surface area (Å²) in [5.74, 6) is 0.721. The molecule has 0 saturated heterocycles. The molecule has 4 heteroatoms. The zero-order chi connectivity index (χ0) is 11.8. The van der Waals surface area contributed by atoms with Gasteiger partial charge in [-0.25, -0.2) is 0 Å². The van der Waals surface area contributed by atoms with Gasteiger partial charge < -0.3 is 10.2 Å². The van der Waals surface area contributed by atoms with Crippen molar-refractivity contribution < 1.29 is 4.42 Å². The molecule has 0 bridgehead atoms. The van der Waals surface area contributed by atoms with E-state index in [-0.39, 0.29) is 0 Å². The van der Waals surface area contributed by atoms with E-state index in [4.69, 9.17) is 10.2 Å². The monoisotopic (exact) mass is 288 g/mol. The van der Waals surface area contributed by atoms with Crippen LogP contribution in [0.2, 0.25) is 0 Å². The summed E-state index contributed by atoms with van der Waals surface area (Å²) in [5.41, 5.74) is 7.98. The lowest BCUT2D eigenvalue weighted by atomic mass is 10.2. The lowest BCUT2D eigenvalue weighted by Gasteiger charge is -1.96. The topological polar surface area (TPSA) is 52.0 Å². The summed E-state index contributed by atoms with van der Waals surface area (Å²) in [7, 11) is 0. The maximum absolute atomic E-state index is 5.74. The van der Waals surface area contributed by atoms with E-state index in [1.165, 1.54) is 0 Å². The number of nitrogens with zero attached hydrogens (tertiary/aromatic N) is 1. The predicted octanol–water partition coefficient (Wildman–Crippen LogP) is 3.84. The van der Waals surface area contributed by atoms with Crippen molar-refractivity contribution >= 4 is 32.6 Å². The molecule has 84 valence electrons. The summed E-state index contributed by atoms with van der Waals surface area (Å²) in [5, 5.41) is 1.03. The van der Waals surface area contributed by atoms with E-state index in [0.29, 0.717) is 5.69 Å². The predicted molar refractivity (Wildman–Crippen MR) is 71.6 cm³/mol. The van der Waals surface area contributed by atoms with Crippen LogP contribution in [0.4, 0.5) is 5.69 Å². The molecule has 3 aromatic rings. The van der Waals surface area contributed by atoms with Crippen LogP contribution < -0.4 is 5.73 Å². The normalized spacial score (nSPS) is 10.9. The highest BCUT2D eigenvalue weighted by Gasteiger charge is 2.09. The van der Waals surface area contributed by atoms with E-state index in [1.807, 2.05) is 24.3 Å². The maximum atomic E-state index is 5.74. The second-order valence-electron chi connectivity index (χ2n) is 3.74. The molecule has 3 nitrogen and oxygen atoms in total. The third kappa shape index (κ3) is 1.80. The number of nitrogen functional groups attached to an aromatic ring is 1. The van der Waals surface area contributed by atoms with Gasteiger partial charge in [-0.1, -0.05) is 22.0 Å². The quantitative estimate of drug-likeness (QED) is 0.740. The number of nitrogens with two attached hydrogens (primary N) is 1. The lowest BCUT2D eigenvalue weighted by molar-refractivity contribution is 0.628. The molecule has 3 rings (SSSR count). The van der Waals surface area contributed by atoms with E-state index in [2.05, 4.69) is 20.9 Å². The largest absolute Gasteiger partial charge is 0.454 e. The number of aromatic nitrogens is 1. The summed E-state index contributed by atoms with van der Waals surface area (Å²) in [6.07, 6.45) is 1.67. The molecule has 0 fully saturated rings. The molecule has 0 amide bonds. The molecule has 0 radical (unpaired) electrons. The third-order valence-electron chi connectivity index (χ3n) is 2.54. The summed E-state index contributed by atoms with van der Waals surface area (Å²) >= 11 is 3.49. The molecule has 2 N–H and O–H groups in total. The third-order valence-corrected chi connectivity index (χ3v) is 3.24. The van der Waals surface area contributed by atoms with Gasteiger partial charge in [-0.3, -0.25) is 4.98 Å². The Balaban J connectivity index is 2.22. The fraction of sp³-hybridized carbons (Fsp3) is 0. The average Bonchev–Trinajstić information content (AvgIpc) is 2.74. The summed E-state index contributed by atoms with van der Waals surface area (Å²) in [6, 6.07) is 11.4. The van der Waals surface area contributed by atoms with Crippen molar-refractivity contribution in [1.82, 2.24) is 4.98 Å². The fourth-order valence-corrected chi connectivity index (χ4v) is 2.20. The first kappa shape index (κ1) is 10.4. The lowest BCUT2D eigenvalue weighted by Crippen LogP contribution is -1.86.